The molecule has 2 heterocycles. The highest BCUT2D eigenvalue weighted by atomic mass is 32.1. The lowest BCUT2D eigenvalue weighted by molar-refractivity contribution is 0.103. The van der Waals surface area contributed by atoms with E-state index in [9.17, 15) is 4.79 Å². The number of anilines is 1. The summed E-state index contributed by atoms with van der Waals surface area (Å²) in [7, 11) is 1.81. The van der Waals surface area contributed by atoms with Crippen molar-refractivity contribution in [3.05, 3.63) is 76.7 Å². The summed E-state index contributed by atoms with van der Waals surface area (Å²) in [4.78, 5) is 12.9. The monoisotopic (exact) mass is 363 g/mol. The smallest absolute Gasteiger partial charge is 0.265 e. The normalized spacial score (nSPS) is 10.8. The van der Waals surface area contributed by atoms with Crippen molar-refractivity contribution < 1.29 is 9.53 Å². The topological polar surface area (TPSA) is 56.2 Å². The number of aryl methyl sites for hydroxylation is 1. The van der Waals surface area contributed by atoms with E-state index in [1.807, 2.05) is 48.8 Å². The molecule has 0 bridgehead atoms. The molecule has 4 rings (SSSR count). The summed E-state index contributed by atoms with van der Waals surface area (Å²) >= 11 is 1.40. The molecule has 0 saturated carbocycles. The van der Waals surface area contributed by atoms with Crippen molar-refractivity contribution in [2.45, 2.75) is 6.61 Å². The van der Waals surface area contributed by atoms with Crippen molar-refractivity contribution in [1.29, 1.82) is 0 Å². The Hall–Kier alpha value is -3.12. The predicted molar refractivity (Wildman–Crippen MR) is 104 cm³/mol. The fourth-order valence-corrected chi connectivity index (χ4v) is 3.46. The molecular formula is C20H17N3O2S. The lowest BCUT2D eigenvalue weighted by Crippen LogP contribution is -2.09. The highest BCUT2D eigenvalue weighted by molar-refractivity contribution is 7.12. The molecule has 0 aliphatic carbocycles. The molecule has 2 aromatic heterocycles. The molecule has 0 radical (unpaired) electrons. The van der Waals surface area contributed by atoms with E-state index in [1.165, 1.54) is 16.7 Å². The zero-order valence-electron chi connectivity index (χ0n) is 14.2. The number of hydrogen-bond acceptors (Lipinski definition) is 4. The highest BCUT2D eigenvalue weighted by Crippen LogP contribution is 2.23. The van der Waals surface area contributed by atoms with Crippen molar-refractivity contribution in [2.24, 2.45) is 7.05 Å². The van der Waals surface area contributed by atoms with Crippen molar-refractivity contribution in [3.8, 4) is 5.75 Å². The molecular weight excluding hydrogens is 346 g/mol. The standard InChI is InChI=1S/C20H17N3O2S/c1-23-11-17(10-21-23)22-20(24)19-8-14(13-26-19)12-25-18-7-6-15-4-2-3-5-16(15)9-18/h2-11,13H,12H2,1H3,(H,22,24). The summed E-state index contributed by atoms with van der Waals surface area (Å²) in [6.45, 7) is 0.426. The fourth-order valence-electron chi connectivity index (χ4n) is 2.67. The Morgan fingerprint density at radius 1 is 1.19 bits per heavy atom. The van der Waals surface area contributed by atoms with Crippen LogP contribution in [0.4, 0.5) is 5.69 Å². The van der Waals surface area contributed by atoms with Gasteiger partial charge in [0.2, 0.25) is 0 Å². The molecule has 1 amide bonds. The Balaban J connectivity index is 1.40. The molecule has 2 aromatic carbocycles. The Morgan fingerprint density at radius 3 is 2.85 bits per heavy atom. The first kappa shape index (κ1) is 16.4. The van der Waals surface area contributed by atoms with Gasteiger partial charge in [-0.2, -0.15) is 5.10 Å². The van der Waals surface area contributed by atoms with E-state index in [1.54, 1.807) is 17.1 Å². The maximum absolute atomic E-state index is 12.3. The summed E-state index contributed by atoms with van der Waals surface area (Å²) in [6.07, 6.45) is 3.38. The van der Waals surface area contributed by atoms with E-state index in [2.05, 4.69) is 22.5 Å². The number of fused-ring (bicyclic) bond motifs is 1. The number of carbonyl (C=O) groups is 1. The van der Waals surface area contributed by atoms with Crippen LogP contribution in [0.25, 0.3) is 10.8 Å². The molecule has 0 unspecified atom stereocenters. The first-order valence-electron chi connectivity index (χ1n) is 8.16. The van der Waals surface area contributed by atoms with Crippen LogP contribution < -0.4 is 10.1 Å². The number of rotatable bonds is 5. The average Bonchev–Trinajstić information content (AvgIpc) is 3.29. The number of aromatic nitrogens is 2. The Kier molecular flexibility index (Phi) is 4.41. The van der Waals surface area contributed by atoms with Gasteiger partial charge in [0, 0.05) is 18.8 Å². The Morgan fingerprint density at radius 2 is 2.04 bits per heavy atom. The van der Waals surface area contributed by atoms with Crippen LogP contribution in [-0.2, 0) is 13.7 Å². The molecule has 26 heavy (non-hydrogen) atoms. The summed E-state index contributed by atoms with van der Waals surface area (Å²) < 4.78 is 7.52. The van der Waals surface area contributed by atoms with E-state index in [0.29, 0.717) is 17.2 Å². The second-order valence-corrected chi connectivity index (χ2v) is 6.88. The maximum atomic E-state index is 12.3. The minimum atomic E-state index is -0.139. The van der Waals surface area contributed by atoms with Gasteiger partial charge in [-0.1, -0.05) is 30.3 Å². The van der Waals surface area contributed by atoms with Gasteiger partial charge < -0.3 is 10.1 Å². The number of nitrogens with one attached hydrogen (secondary N) is 1. The summed E-state index contributed by atoms with van der Waals surface area (Å²) in [5.41, 5.74) is 1.65. The largest absolute Gasteiger partial charge is 0.489 e. The third-order valence-corrected chi connectivity index (χ3v) is 4.94. The van der Waals surface area contributed by atoms with Crippen molar-refractivity contribution in [1.82, 2.24) is 9.78 Å². The minimum absolute atomic E-state index is 0.139. The highest BCUT2D eigenvalue weighted by Gasteiger charge is 2.11. The van der Waals surface area contributed by atoms with Gasteiger partial charge in [0.15, 0.2) is 0 Å². The van der Waals surface area contributed by atoms with Crippen molar-refractivity contribution in [3.63, 3.8) is 0 Å². The van der Waals surface area contributed by atoms with Gasteiger partial charge in [-0.25, -0.2) is 0 Å². The van der Waals surface area contributed by atoms with Crippen LogP contribution in [0.2, 0.25) is 0 Å². The molecule has 0 saturated heterocycles. The van der Waals surface area contributed by atoms with Crippen LogP contribution in [0.3, 0.4) is 0 Å². The number of carbonyl (C=O) groups excluding carboxylic acids is 1. The summed E-state index contributed by atoms with van der Waals surface area (Å²) in [5, 5.41) is 11.1. The quantitative estimate of drug-likeness (QED) is 0.569. The van der Waals surface area contributed by atoms with Crippen LogP contribution in [-0.4, -0.2) is 15.7 Å². The SMILES string of the molecule is Cn1cc(NC(=O)c2cc(COc3ccc4ccccc4c3)cs2)cn1. The molecule has 0 aliphatic heterocycles. The molecule has 6 heteroatoms. The van der Waals surface area contributed by atoms with Crippen LogP contribution >= 0.6 is 11.3 Å². The molecule has 130 valence electrons. The van der Waals surface area contributed by atoms with Crippen LogP contribution in [0.5, 0.6) is 5.75 Å². The predicted octanol–water partition coefficient (Wildman–Crippen LogP) is 4.47. The van der Waals surface area contributed by atoms with E-state index >= 15 is 0 Å². The molecule has 0 aliphatic rings. The number of nitrogens with zero attached hydrogens (tertiary/aromatic N) is 2. The van der Waals surface area contributed by atoms with Gasteiger partial charge in [0.05, 0.1) is 16.8 Å². The molecule has 0 spiro atoms. The number of amides is 1. The van der Waals surface area contributed by atoms with Gasteiger partial charge in [-0.05, 0) is 34.4 Å². The Labute approximate surface area is 154 Å². The second-order valence-electron chi connectivity index (χ2n) is 5.97. The van der Waals surface area contributed by atoms with Gasteiger partial charge in [0.1, 0.15) is 12.4 Å². The fraction of sp³-hybridized carbons (Fsp3) is 0.100. The number of hydrogen-bond donors (Lipinski definition) is 1. The molecule has 4 aromatic rings. The van der Waals surface area contributed by atoms with E-state index in [-0.39, 0.29) is 5.91 Å². The lowest BCUT2D eigenvalue weighted by atomic mass is 10.1. The third kappa shape index (κ3) is 3.60. The van der Waals surface area contributed by atoms with Crippen molar-refractivity contribution in [2.75, 3.05) is 5.32 Å². The number of ether oxygens (including phenoxy) is 1. The minimum Gasteiger partial charge on any atom is -0.489 e. The van der Waals surface area contributed by atoms with Gasteiger partial charge in [-0.15, -0.1) is 11.3 Å². The van der Waals surface area contributed by atoms with E-state index < -0.39 is 0 Å². The number of thiophene rings is 1. The van der Waals surface area contributed by atoms with E-state index in [0.717, 1.165) is 16.7 Å². The number of benzene rings is 2. The zero-order valence-corrected chi connectivity index (χ0v) is 15.0. The van der Waals surface area contributed by atoms with Crippen LogP contribution in [0.1, 0.15) is 15.2 Å². The van der Waals surface area contributed by atoms with Crippen LogP contribution in [0.15, 0.2) is 66.3 Å². The average molecular weight is 363 g/mol. The van der Waals surface area contributed by atoms with Gasteiger partial charge in [-0.3, -0.25) is 9.48 Å². The second kappa shape index (κ2) is 7.01. The maximum Gasteiger partial charge on any atom is 0.265 e. The molecule has 1 N–H and O–H groups in total. The van der Waals surface area contributed by atoms with E-state index in [4.69, 9.17) is 4.74 Å². The third-order valence-electron chi connectivity index (χ3n) is 3.97. The molecule has 0 atom stereocenters. The van der Waals surface area contributed by atoms with Gasteiger partial charge in [0.25, 0.3) is 5.91 Å². The van der Waals surface area contributed by atoms with Crippen molar-refractivity contribution >= 4 is 33.7 Å². The Bertz CT molecular complexity index is 1070. The first-order chi connectivity index (χ1) is 12.7. The summed E-state index contributed by atoms with van der Waals surface area (Å²) in [6, 6.07) is 16.1. The van der Waals surface area contributed by atoms with Gasteiger partial charge >= 0.3 is 0 Å². The summed E-state index contributed by atoms with van der Waals surface area (Å²) in [5.74, 6) is 0.677. The van der Waals surface area contributed by atoms with Crippen LogP contribution in [0, 0.1) is 0 Å². The molecule has 0 fully saturated rings. The molecule has 5 nitrogen and oxygen atoms in total. The lowest BCUT2D eigenvalue weighted by Gasteiger charge is -2.06. The zero-order chi connectivity index (χ0) is 17.9. The first-order valence-corrected chi connectivity index (χ1v) is 9.04.